The lowest BCUT2D eigenvalue weighted by Gasteiger charge is -2.08. The van der Waals surface area contributed by atoms with Crippen molar-refractivity contribution in [1.29, 1.82) is 0 Å². The molecule has 1 aromatic carbocycles. The highest BCUT2D eigenvalue weighted by Crippen LogP contribution is 2.27. The molecule has 0 radical (unpaired) electrons. The Kier molecular flexibility index (Phi) is 3.52. The second-order valence-electron chi connectivity index (χ2n) is 2.80. The summed E-state index contributed by atoms with van der Waals surface area (Å²) in [6.07, 6.45) is 0.830. The molecule has 0 heterocycles. The average Bonchev–Trinajstić information content (AvgIpc) is 2.17. The van der Waals surface area contributed by atoms with Crippen LogP contribution in [0.3, 0.4) is 0 Å². The van der Waals surface area contributed by atoms with E-state index in [-0.39, 0.29) is 5.56 Å². The van der Waals surface area contributed by atoms with E-state index in [0.717, 1.165) is 16.5 Å². The Hall–Kier alpha value is -1.03. The third kappa shape index (κ3) is 2.07. The van der Waals surface area contributed by atoms with Crippen LogP contribution in [0.2, 0.25) is 0 Å². The maximum atomic E-state index is 10.8. The summed E-state index contributed by atoms with van der Waals surface area (Å²) in [5.74, 6) is -0.581. The summed E-state index contributed by atoms with van der Waals surface area (Å²) in [7, 11) is 1.47. The highest BCUT2D eigenvalue weighted by Gasteiger charge is 2.13. The monoisotopic (exact) mass is 258 g/mol. The van der Waals surface area contributed by atoms with Crippen molar-refractivity contribution in [3.63, 3.8) is 0 Å². The van der Waals surface area contributed by atoms with E-state index < -0.39 is 5.97 Å². The average molecular weight is 259 g/mol. The van der Waals surface area contributed by atoms with Gasteiger partial charge in [0.25, 0.3) is 0 Å². The van der Waals surface area contributed by atoms with Crippen LogP contribution in [0.1, 0.15) is 22.8 Å². The molecule has 0 aliphatic rings. The van der Waals surface area contributed by atoms with Crippen molar-refractivity contribution in [2.75, 3.05) is 7.11 Å². The van der Waals surface area contributed by atoms with Crippen LogP contribution in [-0.2, 0) is 6.42 Å². The first-order chi connectivity index (χ1) is 6.60. The zero-order valence-corrected chi connectivity index (χ0v) is 9.59. The molecule has 14 heavy (non-hydrogen) atoms. The predicted molar refractivity (Wildman–Crippen MR) is 57.0 cm³/mol. The SMILES string of the molecule is CCc1cc(OC)c(C(=O)O)cc1Br. The Labute approximate surface area is 90.8 Å². The summed E-state index contributed by atoms with van der Waals surface area (Å²) in [6, 6.07) is 3.31. The molecule has 0 amide bonds. The van der Waals surface area contributed by atoms with E-state index >= 15 is 0 Å². The molecule has 3 nitrogen and oxygen atoms in total. The van der Waals surface area contributed by atoms with Crippen molar-refractivity contribution < 1.29 is 14.6 Å². The van der Waals surface area contributed by atoms with E-state index in [0.29, 0.717) is 5.75 Å². The van der Waals surface area contributed by atoms with Crippen molar-refractivity contribution in [3.05, 3.63) is 27.7 Å². The maximum Gasteiger partial charge on any atom is 0.339 e. The fourth-order valence-electron chi connectivity index (χ4n) is 1.20. The number of aryl methyl sites for hydroxylation is 1. The lowest BCUT2D eigenvalue weighted by Crippen LogP contribution is -2.01. The van der Waals surface area contributed by atoms with Crippen molar-refractivity contribution >= 4 is 21.9 Å². The van der Waals surface area contributed by atoms with Crippen LogP contribution < -0.4 is 4.74 Å². The van der Waals surface area contributed by atoms with Gasteiger partial charge in [-0.05, 0) is 24.1 Å². The minimum atomic E-state index is -0.981. The number of hydrogen-bond acceptors (Lipinski definition) is 2. The summed E-state index contributed by atoms with van der Waals surface area (Å²) in [5.41, 5.74) is 1.21. The van der Waals surface area contributed by atoms with Gasteiger partial charge in [-0.2, -0.15) is 0 Å². The summed E-state index contributed by atoms with van der Waals surface area (Å²) < 4.78 is 5.81. The third-order valence-corrected chi connectivity index (χ3v) is 2.72. The van der Waals surface area contributed by atoms with Crippen molar-refractivity contribution in [1.82, 2.24) is 0 Å². The Morgan fingerprint density at radius 2 is 2.21 bits per heavy atom. The zero-order valence-electron chi connectivity index (χ0n) is 8.00. The Bertz CT molecular complexity index is 361. The molecular formula is C10H11BrO3. The van der Waals surface area contributed by atoms with Gasteiger partial charge in [0.1, 0.15) is 11.3 Å². The lowest BCUT2D eigenvalue weighted by molar-refractivity contribution is 0.0693. The zero-order chi connectivity index (χ0) is 10.7. The van der Waals surface area contributed by atoms with Crippen molar-refractivity contribution in [2.24, 2.45) is 0 Å². The van der Waals surface area contributed by atoms with Crippen molar-refractivity contribution in [2.45, 2.75) is 13.3 Å². The molecule has 0 fully saturated rings. The van der Waals surface area contributed by atoms with Gasteiger partial charge in [-0.3, -0.25) is 0 Å². The molecule has 1 rings (SSSR count). The van der Waals surface area contributed by atoms with Crippen LogP contribution in [-0.4, -0.2) is 18.2 Å². The first kappa shape index (κ1) is 11.0. The summed E-state index contributed by atoms with van der Waals surface area (Å²) >= 11 is 3.32. The van der Waals surface area contributed by atoms with E-state index in [9.17, 15) is 4.79 Å². The van der Waals surface area contributed by atoms with Crippen LogP contribution >= 0.6 is 15.9 Å². The van der Waals surface area contributed by atoms with Gasteiger partial charge in [-0.1, -0.05) is 22.9 Å². The first-order valence-electron chi connectivity index (χ1n) is 4.19. The number of halogens is 1. The molecule has 0 aromatic heterocycles. The number of ether oxygens (including phenoxy) is 1. The van der Waals surface area contributed by atoms with Gasteiger partial charge >= 0.3 is 5.97 Å². The Morgan fingerprint density at radius 3 is 2.64 bits per heavy atom. The number of hydrogen-bond donors (Lipinski definition) is 1. The van der Waals surface area contributed by atoms with E-state index in [4.69, 9.17) is 9.84 Å². The van der Waals surface area contributed by atoms with Crippen LogP contribution in [0.15, 0.2) is 16.6 Å². The van der Waals surface area contributed by atoms with Crippen LogP contribution in [0.5, 0.6) is 5.75 Å². The Balaban J connectivity index is 3.31. The molecule has 0 bridgehead atoms. The normalized spacial score (nSPS) is 9.93. The fourth-order valence-corrected chi connectivity index (χ4v) is 1.83. The molecule has 1 N–H and O–H groups in total. The summed E-state index contributed by atoms with van der Waals surface area (Å²) in [5, 5.41) is 8.88. The van der Waals surface area contributed by atoms with Gasteiger partial charge in [-0.25, -0.2) is 4.79 Å². The minimum Gasteiger partial charge on any atom is -0.496 e. The number of methoxy groups -OCH3 is 1. The summed E-state index contributed by atoms with van der Waals surface area (Å²) in [6.45, 7) is 2.00. The van der Waals surface area contributed by atoms with Crippen molar-refractivity contribution in [3.8, 4) is 5.75 Å². The molecule has 0 spiro atoms. The molecule has 76 valence electrons. The molecule has 0 unspecified atom stereocenters. The third-order valence-electron chi connectivity index (χ3n) is 1.98. The highest BCUT2D eigenvalue weighted by molar-refractivity contribution is 9.10. The number of benzene rings is 1. The molecule has 4 heteroatoms. The number of aromatic carboxylic acids is 1. The first-order valence-corrected chi connectivity index (χ1v) is 4.99. The van der Waals surface area contributed by atoms with Gasteiger partial charge < -0.3 is 9.84 Å². The quantitative estimate of drug-likeness (QED) is 0.907. The number of carbonyl (C=O) groups is 1. The van der Waals surface area contributed by atoms with Gasteiger partial charge in [0.05, 0.1) is 7.11 Å². The number of carboxylic acids is 1. The fraction of sp³-hybridized carbons (Fsp3) is 0.300. The van der Waals surface area contributed by atoms with Crippen LogP contribution in [0.25, 0.3) is 0 Å². The van der Waals surface area contributed by atoms with Crippen LogP contribution in [0.4, 0.5) is 0 Å². The largest absolute Gasteiger partial charge is 0.496 e. The number of rotatable bonds is 3. The van der Waals surface area contributed by atoms with Gasteiger partial charge in [-0.15, -0.1) is 0 Å². The van der Waals surface area contributed by atoms with E-state index in [1.54, 1.807) is 12.1 Å². The molecule has 1 aromatic rings. The molecular weight excluding hydrogens is 248 g/mol. The number of carboxylic acid groups (broad SMARTS) is 1. The molecule has 0 aliphatic heterocycles. The van der Waals surface area contributed by atoms with E-state index in [1.165, 1.54) is 7.11 Å². The maximum absolute atomic E-state index is 10.8. The second kappa shape index (κ2) is 4.46. The lowest BCUT2D eigenvalue weighted by atomic mass is 10.1. The highest BCUT2D eigenvalue weighted by atomic mass is 79.9. The molecule has 0 aliphatic carbocycles. The Morgan fingerprint density at radius 1 is 1.57 bits per heavy atom. The van der Waals surface area contributed by atoms with Gasteiger partial charge in [0, 0.05) is 4.47 Å². The predicted octanol–water partition coefficient (Wildman–Crippen LogP) is 2.72. The van der Waals surface area contributed by atoms with Crippen LogP contribution in [0, 0.1) is 0 Å². The van der Waals surface area contributed by atoms with E-state index in [1.807, 2.05) is 6.92 Å². The van der Waals surface area contributed by atoms with E-state index in [2.05, 4.69) is 15.9 Å². The summed E-state index contributed by atoms with van der Waals surface area (Å²) in [4.78, 5) is 10.8. The molecule has 0 atom stereocenters. The van der Waals surface area contributed by atoms with Gasteiger partial charge in [0.2, 0.25) is 0 Å². The smallest absolute Gasteiger partial charge is 0.339 e. The molecule has 0 saturated carbocycles. The van der Waals surface area contributed by atoms with Gasteiger partial charge in [0.15, 0.2) is 0 Å². The minimum absolute atomic E-state index is 0.177. The molecule has 0 saturated heterocycles. The second-order valence-corrected chi connectivity index (χ2v) is 3.66. The topological polar surface area (TPSA) is 46.5 Å². The standard InChI is InChI=1S/C10H11BrO3/c1-3-6-4-9(14-2)7(10(12)13)5-8(6)11/h4-5H,3H2,1-2H3,(H,12,13).